The van der Waals surface area contributed by atoms with Gasteiger partial charge < -0.3 is 10.5 Å². The second-order valence-electron chi connectivity index (χ2n) is 3.88. The van der Waals surface area contributed by atoms with Crippen LogP contribution in [0.3, 0.4) is 0 Å². The molecule has 0 saturated carbocycles. The summed E-state index contributed by atoms with van der Waals surface area (Å²) in [6.07, 6.45) is -5.60. The highest BCUT2D eigenvalue weighted by molar-refractivity contribution is 5.44. The Kier molecular flexibility index (Phi) is 4.16. The van der Waals surface area contributed by atoms with Crippen molar-refractivity contribution in [2.24, 2.45) is 0 Å². The second kappa shape index (κ2) is 5.09. The maximum Gasteiger partial charge on any atom is 0.455 e. The van der Waals surface area contributed by atoms with Crippen LogP contribution in [0.15, 0.2) is 18.2 Å². The van der Waals surface area contributed by atoms with E-state index in [-0.39, 0.29) is 6.61 Å². The topological polar surface area (TPSA) is 35.2 Å². The summed E-state index contributed by atoms with van der Waals surface area (Å²) in [4.78, 5) is 0. The van der Waals surface area contributed by atoms with Crippen LogP contribution in [0.2, 0.25) is 0 Å². The number of nitrogens with two attached hydrogens (primary N) is 1. The van der Waals surface area contributed by atoms with E-state index in [1.165, 1.54) is 6.07 Å². The molecule has 0 amide bonds. The minimum absolute atomic E-state index is 0.345. The molecule has 1 aromatic rings. The van der Waals surface area contributed by atoms with Crippen LogP contribution >= 0.6 is 0 Å². The zero-order valence-corrected chi connectivity index (χ0v) is 9.52. The molecule has 0 fully saturated rings. The number of alkyl halides is 5. The molecule has 0 aliphatic carbocycles. The van der Waals surface area contributed by atoms with Gasteiger partial charge in [-0.05, 0) is 30.2 Å². The number of hydrogen-bond donors (Lipinski definition) is 1. The van der Waals surface area contributed by atoms with Crippen LogP contribution in [0.1, 0.15) is 11.1 Å². The summed E-state index contributed by atoms with van der Waals surface area (Å²) < 4.78 is 65.1. The van der Waals surface area contributed by atoms with E-state index in [9.17, 15) is 22.0 Å². The van der Waals surface area contributed by atoms with E-state index in [0.717, 1.165) is 0 Å². The number of nitrogen functional groups attached to an aromatic ring is 1. The minimum atomic E-state index is -5.60. The molecule has 0 atom stereocenters. The van der Waals surface area contributed by atoms with Crippen molar-refractivity contribution in [2.45, 2.75) is 25.6 Å². The van der Waals surface area contributed by atoms with Crippen molar-refractivity contribution in [1.29, 1.82) is 0 Å². The first-order chi connectivity index (χ1) is 8.13. The molecule has 0 saturated heterocycles. The maximum atomic E-state index is 12.5. The Labute approximate surface area is 101 Å². The summed E-state index contributed by atoms with van der Waals surface area (Å²) in [7, 11) is 0. The molecular weight excluding hydrogens is 257 g/mol. The fourth-order valence-electron chi connectivity index (χ4n) is 1.22. The Hall–Kier alpha value is -1.37. The van der Waals surface area contributed by atoms with Gasteiger partial charge in [-0.3, -0.25) is 0 Å². The van der Waals surface area contributed by atoms with Gasteiger partial charge in [0.25, 0.3) is 0 Å². The quantitative estimate of drug-likeness (QED) is 0.672. The number of anilines is 1. The van der Waals surface area contributed by atoms with Gasteiger partial charge in [0.1, 0.15) is 6.61 Å². The van der Waals surface area contributed by atoms with E-state index in [1.54, 1.807) is 19.1 Å². The monoisotopic (exact) mass is 269 g/mol. The van der Waals surface area contributed by atoms with Crippen LogP contribution < -0.4 is 5.73 Å². The molecule has 0 aromatic heterocycles. The van der Waals surface area contributed by atoms with Crippen LogP contribution in [0, 0.1) is 6.92 Å². The van der Waals surface area contributed by atoms with Crippen molar-refractivity contribution in [2.75, 3.05) is 12.3 Å². The molecule has 7 heteroatoms. The number of ether oxygens (including phenoxy) is 1. The predicted molar refractivity (Wildman–Crippen MR) is 56.2 cm³/mol. The summed E-state index contributed by atoms with van der Waals surface area (Å²) in [5, 5.41) is 0. The summed E-state index contributed by atoms with van der Waals surface area (Å²) in [6.45, 7) is -0.368. The second-order valence-corrected chi connectivity index (χ2v) is 3.88. The average molecular weight is 269 g/mol. The lowest BCUT2D eigenvalue weighted by Crippen LogP contribution is -2.40. The maximum absolute atomic E-state index is 12.5. The number of halogens is 5. The van der Waals surface area contributed by atoms with Gasteiger partial charge in [0.05, 0.1) is 6.61 Å². The number of hydrogen-bond acceptors (Lipinski definition) is 2. The van der Waals surface area contributed by atoms with Crippen molar-refractivity contribution < 1.29 is 26.7 Å². The molecule has 1 aromatic carbocycles. The summed E-state index contributed by atoms with van der Waals surface area (Å²) in [5.41, 5.74) is 7.05. The van der Waals surface area contributed by atoms with E-state index in [0.29, 0.717) is 16.8 Å². The molecule has 0 unspecified atom stereocenters. The molecule has 0 aliphatic rings. The lowest BCUT2D eigenvalue weighted by Gasteiger charge is -2.19. The van der Waals surface area contributed by atoms with Crippen LogP contribution in [-0.2, 0) is 11.3 Å². The van der Waals surface area contributed by atoms with Crippen molar-refractivity contribution in [3.05, 3.63) is 29.3 Å². The first-order valence-electron chi connectivity index (χ1n) is 5.01. The van der Waals surface area contributed by atoms with Crippen molar-refractivity contribution >= 4 is 5.69 Å². The van der Waals surface area contributed by atoms with E-state index in [1.807, 2.05) is 0 Å². The van der Waals surface area contributed by atoms with Crippen LogP contribution in [-0.4, -0.2) is 18.7 Å². The van der Waals surface area contributed by atoms with Gasteiger partial charge in [0, 0.05) is 5.69 Å². The molecule has 0 bridgehead atoms. The normalized spacial score (nSPS) is 12.8. The van der Waals surface area contributed by atoms with Crippen molar-refractivity contribution in [3.63, 3.8) is 0 Å². The Morgan fingerprint density at radius 2 is 1.78 bits per heavy atom. The lowest BCUT2D eigenvalue weighted by atomic mass is 10.1. The number of aryl methyl sites for hydroxylation is 1. The molecule has 2 nitrogen and oxygen atoms in total. The highest BCUT2D eigenvalue weighted by Gasteiger charge is 2.57. The first-order valence-corrected chi connectivity index (χ1v) is 5.01. The van der Waals surface area contributed by atoms with Gasteiger partial charge in [-0.15, -0.1) is 0 Å². The molecule has 0 aliphatic heterocycles. The molecule has 0 heterocycles. The van der Waals surface area contributed by atoms with Gasteiger partial charge in [-0.2, -0.15) is 22.0 Å². The molecule has 102 valence electrons. The molecule has 0 spiro atoms. The predicted octanol–water partition coefficient (Wildman–Crippen LogP) is 3.29. The van der Waals surface area contributed by atoms with Crippen molar-refractivity contribution in [1.82, 2.24) is 0 Å². The van der Waals surface area contributed by atoms with Gasteiger partial charge in [0.2, 0.25) is 0 Å². The standard InChI is InChI=1S/C11H12F5NO/c1-7-2-3-9(17)4-8(7)5-18-6-10(12,13)11(14,15)16/h2-4H,5-6,17H2,1H3. The van der Waals surface area contributed by atoms with Crippen molar-refractivity contribution in [3.8, 4) is 0 Å². The first kappa shape index (κ1) is 14.7. The Balaban J connectivity index is 2.59. The Morgan fingerprint density at radius 1 is 1.17 bits per heavy atom. The van der Waals surface area contributed by atoms with Gasteiger partial charge >= 0.3 is 12.1 Å². The fourth-order valence-corrected chi connectivity index (χ4v) is 1.22. The van der Waals surface area contributed by atoms with E-state index >= 15 is 0 Å². The Bertz CT molecular complexity index is 416. The van der Waals surface area contributed by atoms with E-state index < -0.39 is 18.7 Å². The lowest BCUT2D eigenvalue weighted by molar-refractivity contribution is -0.297. The molecule has 18 heavy (non-hydrogen) atoms. The SMILES string of the molecule is Cc1ccc(N)cc1COCC(F)(F)C(F)(F)F. The molecular formula is C11H12F5NO. The minimum Gasteiger partial charge on any atom is -0.399 e. The number of benzene rings is 1. The van der Waals surface area contributed by atoms with Crippen LogP contribution in [0.25, 0.3) is 0 Å². The third-order valence-electron chi connectivity index (χ3n) is 2.33. The highest BCUT2D eigenvalue weighted by Crippen LogP contribution is 2.35. The fraction of sp³-hybridized carbons (Fsp3) is 0.455. The molecule has 2 N–H and O–H groups in total. The van der Waals surface area contributed by atoms with Gasteiger partial charge in [-0.25, -0.2) is 0 Å². The van der Waals surface area contributed by atoms with Gasteiger partial charge in [-0.1, -0.05) is 6.07 Å². The summed E-state index contributed by atoms with van der Waals surface area (Å²) in [6, 6.07) is 4.71. The smallest absolute Gasteiger partial charge is 0.399 e. The largest absolute Gasteiger partial charge is 0.455 e. The average Bonchev–Trinajstić information content (AvgIpc) is 2.21. The number of rotatable bonds is 4. The van der Waals surface area contributed by atoms with Crippen LogP contribution in [0.5, 0.6) is 0 Å². The van der Waals surface area contributed by atoms with Gasteiger partial charge in [0.15, 0.2) is 0 Å². The molecule has 0 radical (unpaired) electrons. The third-order valence-corrected chi connectivity index (χ3v) is 2.33. The Morgan fingerprint density at radius 3 is 2.33 bits per heavy atom. The summed E-state index contributed by atoms with van der Waals surface area (Å²) in [5.74, 6) is -4.85. The summed E-state index contributed by atoms with van der Waals surface area (Å²) >= 11 is 0. The highest BCUT2D eigenvalue weighted by atomic mass is 19.4. The third kappa shape index (κ3) is 3.56. The zero-order valence-electron chi connectivity index (χ0n) is 9.52. The van der Waals surface area contributed by atoms with E-state index in [4.69, 9.17) is 5.73 Å². The van der Waals surface area contributed by atoms with E-state index in [2.05, 4.69) is 4.74 Å². The van der Waals surface area contributed by atoms with Crippen LogP contribution in [0.4, 0.5) is 27.6 Å². The molecule has 1 rings (SSSR count). The zero-order chi connectivity index (χ0) is 14.0.